The van der Waals surface area contributed by atoms with Crippen molar-refractivity contribution in [2.24, 2.45) is 0 Å². The highest BCUT2D eigenvalue weighted by Crippen LogP contribution is 2.24. The second-order valence-corrected chi connectivity index (χ2v) is 5.00. The van der Waals surface area contributed by atoms with Crippen molar-refractivity contribution in [1.29, 1.82) is 0 Å². The van der Waals surface area contributed by atoms with Gasteiger partial charge in [0.2, 0.25) is 0 Å². The van der Waals surface area contributed by atoms with Gasteiger partial charge in [-0.1, -0.05) is 29.6 Å². The molecule has 1 aromatic carbocycles. The summed E-state index contributed by atoms with van der Waals surface area (Å²) in [5.74, 6) is 0. The predicted octanol–water partition coefficient (Wildman–Crippen LogP) is 2.76. The van der Waals surface area contributed by atoms with E-state index in [1.807, 2.05) is 6.07 Å². The number of hydrogen-bond donors (Lipinski definition) is 0. The molecule has 0 amide bonds. The molecule has 1 radical (unpaired) electrons. The third-order valence-corrected chi connectivity index (χ3v) is 2.74. The standard InChI is InChI=1S/C10H9O2S2/c1-7(11)13-9-4-3-5-10(6-9)14-8(2)12/h3-5H,1-2H3. The normalized spacial score (nSPS) is 9.86. The van der Waals surface area contributed by atoms with Gasteiger partial charge >= 0.3 is 0 Å². The van der Waals surface area contributed by atoms with Crippen LogP contribution in [-0.4, -0.2) is 10.2 Å². The maximum Gasteiger partial charge on any atom is 0.190 e. The zero-order valence-corrected chi connectivity index (χ0v) is 9.50. The van der Waals surface area contributed by atoms with Crippen LogP contribution in [0.25, 0.3) is 0 Å². The van der Waals surface area contributed by atoms with Gasteiger partial charge in [-0.15, -0.1) is 0 Å². The van der Waals surface area contributed by atoms with Gasteiger partial charge in [0.25, 0.3) is 0 Å². The second-order valence-electron chi connectivity index (χ2n) is 2.57. The molecule has 0 N–H and O–H groups in total. The molecule has 73 valence electrons. The van der Waals surface area contributed by atoms with Gasteiger partial charge in [0, 0.05) is 29.7 Å². The van der Waals surface area contributed by atoms with Gasteiger partial charge in [0.15, 0.2) is 10.2 Å². The van der Waals surface area contributed by atoms with Crippen molar-refractivity contribution in [2.45, 2.75) is 23.6 Å². The smallest absolute Gasteiger partial charge is 0.190 e. The molecule has 0 bridgehead atoms. The lowest BCUT2D eigenvalue weighted by molar-refractivity contribution is -0.109. The molecule has 1 rings (SSSR count). The van der Waals surface area contributed by atoms with Gasteiger partial charge in [-0.25, -0.2) is 0 Å². The Hall–Kier alpha value is -0.740. The number of thioether (sulfide) groups is 2. The summed E-state index contributed by atoms with van der Waals surface area (Å²) >= 11 is 2.24. The van der Waals surface area contributed by atoms with E-state index in [1.54, 1.807) is 12.1 Å². The topological polar surface area (TPSA) is 34.1 Å². The summed E-state index contributed by atoms with van der Waals surface area (Å²) in [6, 6.07) is 8.41. The van der Waals surface area contributed by atoms with E-state index in [4.69, 9.17) is 0 Å². The molecule has 0 spiro atoms. The van der Waals surface area contributed by atoms with Crippen LogP contribution in [0.1, 0.15) is 13.8 Å². The minimum absolute atomic E-state index is 0.0197. The Morgan fingerprint density at radius 3 is 1.86 bits per heavy atom. The van der Waals surface area contributed by atoms with Crippen LogP contribution in [0, 0.1) is 6.07 Å². The van der Waals surface area contributed by atoms with Gasteiger partial charge in [0.1, 0.15) is 0 Å². The van der Waals surface area contributed by atoms with Gasteiger partial charge in [-0.2, -0.15) is 0 Å². The molecule has 0 heterocycles. The fourth-order valence-corrected chi connectivity index (χ4v) is 2.16. The number of benzene rings is 1. The Balaban J connectivity index is 2.78. The van der Waals surface area contributed by atoms with Crippen molar-refractivity contribution in [3.8, 4) is 0 Å². The average molecular weight is 225 g/mol. The molecule has 1 aromatic rings. The zero-order chi connectivity index (χ0) is 10.6. The molecular formula is C10H9O2S2. The molecular weight excluding hydrogens is 216 g/mol. The molecule has 0 unspecified atom stereocenters. The van der Waals surface area contributed by atoms with Gasteiger partial charge < -0.3 is 0 Å². The summed E-state index contributed by atoms with van der Waals surface area (Å²) < 4.78 is 0. The highest BCUT2D eigenvalue weighted by molar-refractivity contribution is 8.14. The van der Waals surface area contributed by atoms with Crippen LogP contribution >= 0.6 is 23.5 Å². The summed E-state index contributed by atoms with van der Waals surface area (Å²) in [5, 5.41) is 0.0393. The molecule has 0 aliphatic carbocycles. The predicted molar refractivity (Wildman–Crippen MR) is 58.4 cm³/mol. The van der Waals surface area contributed by atoms with Crippen LogP contribution in [-0.2, 0) is 9.59 Å². The summed E-state index contributed by atoms with van der Waals surface area (Å²) in [7, 11) is 0. The van der Waals surface area contributed by atoms with Crippen molar-refractivity contribution in [3.05, 3.63) is 24.3 Å². The monoisotopic (exact) mass is 225 g/mol. The Labute approximate surface area is 91.5 Å². The summed E-state index contributed by atoms with van der Waals surface area (Å²) in [5.41, 5.74) is 0. The fourth-order valence-electron chi connectivity index (χ4n) is 0.856. The van der Waals surface area contributed by atoms with Crippen molar-refractivity contribution in [1.82, 2.24) is 0 Å². The minimum Gasteiger partial charge on any atom is -0.287 e. The number of rotatable bonds is 2. The van der Waals surface area contributed by atoms with Gasteiger partial charge in [-0.05, 0) is 12.1 Å². The van der Waals surface area contributed by atoms with Crippen molar-refractivity contribution in [3.63, 3.8) is 0 Å². The average Bonchev–Trinajstić information content (AvgIpc) is 2.01. The van der Waals surface area contributed by atoms with E-state index in [9.17, 15) is 9.59 Å². The zero-order valence-electron chi connectivity index (χ0n) is 7.87. The van der Waals surface area contributed by atoms with E-state index in [2.05, 4.69) is 6.07 Å². The molecule has 4 heteroatoms. The SMILES string of the molecule is CC(=O)Sc1[c]c(SC(C)=O)ccc1. The number of carbonyl (C=O) groups is 2. The first-order valence-corrected chi connectivity index (χ1v) is 5.60. The number of carbonyl (C=O) groups excluding carboxylic acids is 2. The molecule has 14 heavy (non-hydrogen) atoms. The van der Waals surface area contributed by atoms with E-state index < -0.39 is 0 Å². The highest BCUT2D eigenvalue weighted by Gasteiger charge is 2.02. The lowest BCUT2D eigenvalue weighted by Gasteiger charge is -1.99. The van der Waals surface area contributed by atoms with Crippen LogP contribution < -0.4 is 0 Å². The first-order chi connectivity index (χ1) is 6.58. The van der Waals surface area contributed by atoms with E-state index in [-0.39, 0.29) is 10.2 Å². The summed E-state index contributed by atoms with van der Waals surface area (Å²) in [6.07, 6.45) is 0. The molecule has 0 fully saturated rings. The Morgan fingerprint density at radius 1 is 1.07 bits per heavy atom. The molecule has 0 aromatic heterocycles. The third-order valence-electron chi connectivity index (χ3n) is 1.25. The summed E-state index contributed by atoms with van der Waals surface area (Å²) in [4.78, 5) is 23.1. The Bertz CT molecular complexity index is 330. The van der Waals surface area contributed by atoms with Crippen LogP contribution in [0.5, 0.6) is 0 Å². The largest absolute Gasteiger partial charge is 0.287 e. The van der Waals surface area contributed by atoms with Crippen molar-refractivity contribution in [2.75, 3.05) is 0 Å². The molecule has 0 aliphatic heterocycles. The Morgan fingerprint density at radius 2 is 1.50 bits per heavy atom. The van der Waals surface area contributed by atoms with Gasteiger partial charge in [0.05, 0.1) is 0 Å². The molecule has 0 saturated heterocycles. The lowest BCUT2D eigenvalue weighted by atomic mass is 10.4. The third kappa shape index (κ3) is 3.98. The molecule has 0 saturated carbocycles. The molecule has 0 atom stereocenters. The number of hydrogen-bond acceptors (Lipinski definition) is 4. The minimum atomic E-state index is 0.0197. The van der Waals surface area contributed by atoms with Crippen LogP contribution in [0.15, 0.2) is 28.0 Å². The lowest BCUT2D eigenvalue weighted by Crippen LogP contribution is -1.84. The summed E-state index contributed by atoms with van der Waals surface area (Å²) in [6.45, 7) is 3.01. The second kappa shape index (κ2) is 5.22. The first-order valence-electron chi connectivity index (χ1n) is 3.97. The first kappa shape index (κ1) is 11.3. The molecule has 2 nitrogen and oxygen atoms in total. The highest BCUT2D eigenvalue weighted by atomic mass is 32.2. The maximum atomic E-state index is 10.8. The van der Waals surface area contributed by atoms with Crippen LogP contribution in [0.3, 0.4) is 0 Å². The maximum absolute atomic E-state index is 10.8. The van der Waals surface area contributed by atoms with E-state index in [1.165, 1.54) is 13.8 Å². The quantitative estimate of drug-likeness (QED) is 0.725. The van der Waals surface area contributed by atoms with Crippen LogP contribution in [0.4, 0.5) is 0 Å². The van der Waals surface area contributed by atoms with E-state index in [0.717, 1.165) is 33.3 Å². The van der Waals surface area contributed by atoms with Crippen molar-refractivity contribution >= 4 is 33.8 Å². The molecule has 0 aliphatic rings. The van der Waals surface area contributed by atoms with Gasteiger partial charge in [-0.3, -0.25) is 9.59 Å². The van der Waals surface area contributed by atoms with Crippen LogP contribution in [0.2, 0.25) is 0 Å². The van der Waals surface area contributed by atoms with E-state index in [0.29, 0.717) is 0 Å². The van der Waals surface area contributed by atoms with Crippen molar-refractivity contribution < 1.29 is 9.59 Å². The van der Waals surface area contributed by atoms with E-state index >= 15 is 0 Å². The Kier molecular flexibility index (Phi) is 4.22. The fraction of sp³-hybridized carbons (Fsp3) is 0.200.